The van der Waals surface area contributed by atoms with E-state index in [4.69, 9.17) is 23.2 Å². The Morgan fingerprint density at radius 2 is 1.59 bits per heavy atom. The second-order valence-electron chi connectivity index (χ2n) is 6.76. The molecule has 0 aliphatic rings. The second-order valence-corrected chi connectivity index (χ2v) is 7.57. The van der Waals surface area contributed by atoms with Gasteiger partial charge in [-0.25, -0.2) is 14.0 Å². The van der Waals surface area contributed by atoms with Crippen LogP contribution in [-0.4, -0.2) is 25.2 Å². The van der Waals surface area contributed by atoms with Gasteiger partial charge >= 0.3 is 12.1 Å². The van der Waals surface area contributed by atoms with Crippen molar-refractivity contribution >= 4 is 52.3 Å². The smallest absolute Gasteiger partial charge is 0.326 e. The second kappa shape index (κ2) is 11.4. The third-order valence-electron chi connectivity index (χ3n) is 4.45. The lowest BCUT2D eigenvalue weighted by atomic mass is 10.2. The van der Waals surface area contributed by atoms with E-state index in [1.807, 2.05) is 18.2 Å². The molecule has 0 aromatic heterocycles. The monoisotopic (exact) mass is 474 g/mol. The van der Waals surface area contributed by atoms with Crippen LogP contribution in [0.2, 0.25) is 10.0 Å². The third-order valence-corrected chi connectivity index (χ3v) is 5.19. The van der Waals surface area contributed by atoms with E-state index in [-0.39, 0.29) is 5.69 Å². The fourth-order valence-electron chi connectivity index (χ4n) is 2.89. The van der Waals surface area contributed by atoms with Gasteiger partial charge in [0, 0.05) is 24.5 Å². The summed E-state index contributed by atoms with van der Waals surface area (Å²) in [6.45, 7) is 0.612. The zero-order chi connectivity index (χ0) is 22.9. The van der Waals surface area contributed by atoms with Gasteiger partial charge in [-0.05, 0) is 48.9 Å². The Balaban J connectivity index is 1.56. The van der Waals surface area contributed by atoms with Crippen LogP contribution >= 0.6 is 23.2 Å². The molecule has 0 aliphatic carbocycles. The Kier molecular flexibility index (Phi) is 8.30. The van der Waals surface area contributed by atoms with Crippen molar-refractivity contribution in [1.82, 2.24) is 5.32 Å². The summed E-state index contributed by atoms with van der Waals surface area (Å²) in [4.78, 5) is 26.4. The number of hydrogen-bond donors (Lipinski definition) is 3. The topological polar surface area (TPSA) is 73.5 Å². The summed E-state index contributed by atoms with van der Waals surface area (Å²) in [7, 11) is 0. The van der Waals surface area contributed by atoms with Gasteiger partial charge in [0.05, 0.1) is 15.7 Å². The van der Waals surface area contributed by atoms with E-state index in [1.165, 1.54) is 17.0 Å². The number of rotatable bonds is 7. The van der Waals surface area contributed by atoms with Gasteiger partial charge < -0.3 is 16.0 Å². The van der Waals surface area contributed by atoms with Gasteiger partial charge in [0.2, 0.25) is 0 Å². The van der Waals surface area contributed by atoms with Crippen molar-refractivity contribution in [3.8, 4) is 0 Å². The van der Waals surface area contributed by atoms with Crippen molar-refractivity contribution in [1.29, 1.82) is 0 Å². The van der Waals surface area contributed by atoms with Crippen molar-refractivity contribution in [2.75, 3.05) is 28.6 Å². The molecule has 0 unspecified atom stereocenters. The number of benzene rings is 3. The first-order valence-corrected chi connectivity index (χ1v) is 10.6. The molecule has 166 valence electrons. The fourth-order valence-corrected chi connectivity index (χ4v) is 3.19. The van der Waals surface area contributed by atoms with Crippen LogP contribution in [0, 0.1) is 5.82 Å². The predicted octanol–water partition coefficient (Wildman–Crippen LogP) is 6.38. The number of nitrogens with one attached hydrogen (secondary N) is 3. The number of amides is 4. The minimum absolute atomic E-state index is 0.0950. The van der Waals surface area contributed by atoms with Crippen molar-refractivity contribution in [3.63, 3.8) is 0 Å². The number of carbonyl (C=O) groups is 2. The van der Waals surface area contributed by atoms with Crippen LogP contribution in [0.5, 0.6) is 0 Å². The standard InChI is InChI=1S/C23H21Cl2FN4O2/c24-18-12-11-16(15-19(18)25)28-22(31)27-13-6-14-30(17-7-2-1-3-8-17)23(32)29-21-10-5-4-9-20(21)26/h1-5,7-12,15H,6,13-14H2,(H,29,32)(H2,27,28,31). The third kappa shape index (κ3) is 6.60. The lowest BCUT2D eigenvalue weighted by Gasteiger charge is -2.23. The van der Waals surface area contributed by atoms with Crippen LogP contribution in [0.1, 0.15) is 6.42 Å². The Morgan fingerprint density at radius 3 is 2.31 bits per heavy atom. The molecule has 0 saturated heterocycles. The molecule has 6 nitrogen and oxygen atoms in total. The lowest BCUT2D eigenvalue weighted by Crippen LogP contribution is -2.38. The molecular weight excluding hydrogens is 454 g/mol. The molecule has 0 radical (unpaired) electrons. The number of hydrogen-bond acceptors (Lipinski definition) is 2. The minimum atomic E-state index is -0.519. The Labute approximate surface area is 195 Å². The maximum absolute atomic E-state index is 13.9. The van der Waals surface area contributed by atoms with Crippen molar-refractivity contribution < 1.29 is 14.0 Å². The average Bonchev–Trinajstić information content (AvgIpc) is 2.78. The van der Waals surface area contributed by atoms with Crippen molar-refractivity contribution in [2.24, 2.45) is 0 Å². The van der Waals surface area contributed by atoms with Gasteiger partial charge in [0.15, 0.2) is 0 Å². The highest BCUT2D eigenvalue weighted by Gasteiger charge is 2.17. The van der Waals surface area contributed by atoms with Crippen LogP contribution < -0.4 is 20.9 Å². The van der Waals surface area contributed by atoms with Gasteiger partial charge in [-0.15, -0.1) is 0 Å². The highest BCUT2D eigenvalue weighted by atomic mass is 35.5. The van der Waals surface area contributed by atoms with E-state index in [0.717, 1.165) is 0 Å². The van der Waals surface area contributed by atoms with E-state index >= 15 is 0 Å². The van der Waals surface area contributed by atoms with Crippen LogP contribution in [-0.2, 0) is 0 Å². The predicted molar refractivity (Wildman–Crippen MR) is 127 cm³/mol. The summed E-state index contributed by atoms with van der Waals surface area (Å²) >= 11 is 11.8. The summed E-state index contributed by atoms with van der Waals surface area (Å²) in [5.41, 5.74) is 1.26. The molecule has 3 aromatic carbocycles. The highest BCUT2D eigenvalue weighted by molar-refractivity contribution is 6.42. The maximum Gasteiger partial charge on any atom is 0.326 e. The lowest BCUT2D eigenvalue weighted by molar-refractivity contribution is 0.252. The van der Waals surface area contributed by atoms with E-state index in [2.05, 4.69) is 16.0 Å². The van der Waals surface area contributed by atoms with Crippen LogP contribution in [0.4, 0.5) is 31.0 Å². The molecule has 3 N–H and O–H groups in total. The normalized spacial score (nSPS) is 10.3. The van der Waals surface area contributed by atoms with Crippen LogP contribution in [0.3, 0.4) is 0 Å². The summed E-state index contributed by atoms with van der Waals surface area (Å²) in [6.07, 6.45) is 0.467. The molecule has 3 aromatic rings. The maximum atomic E-state index is 13.9. The van der Waals surface area contributed by atoms with Crippen molar-refractivity contribution in [3.05, 3.63) is 88.7 Å². The number of nitrogens with zero attached hydrogens (tertiary/aromatic N) is 1. The average molecular weight is 475 g/mol. The summed E-state index contributed by atoms with van der Waals surface area (Å²) < 4.78 is 13.9. The Bertz CT molecular complexity index is 1080. The molecule has 32 heavy (non-hydrogen) atoms. The zero-order valence-electron chi connectivity index (χ0n) is 16.9. The summed E-state index contributed by atoms with van der Waals surface area (Å²) in [6, 6.07) is 18.9. The summed E-state index contributed by atoms with van der Waals surface area (Å²) in [5, 5.41) is 8.71. The van der Waals surface area contributed by atoms with Crippen LogP contribution in [0.15, 0.2) is 72.8 Å². The fraction of sp³-hybridized carbons (Fsp3) is 0.130. The number of urea groups is 2. The van der Waals surface area contributed by atoms with Gasteiger partial charge in [-0.2, -0.15) is 0 Å². The zero-order valence-corrected chi connectivity index (χ0v) is 18.5. The van der Waals surface area contributed by atoms with E-state index in [9.17, 15) is 14.0 Å². The molecule has 0 bridgehead atoms. The Morgan fingerprint density at radius 1 is 0.875 bits per heavy atom. The molecule has 9 heteroatoms. The SMILES string of the molecule is O=C(NCCCN(C(=O)Nc1ccccc1F)c1ccccc1)Nc1ccc(Cl)c(Cl)c1. The van der Waals surface area contributed by atoms with E-state index in [1.54, 1.807) is 42.5 Å². The van der Waals surface area contributed by atoms with Crippen LogP contribution in [0.25, 0.3) is 0 Å². The molecule has 3 rings (SSSR count). The number of anilines is 3. The first kappa shape index (κ1) is 23.4. The van der Waals surface area contributed by atoms with E-state index < -0.39 is 17.9 Å². The molecule has 0 heterocycles. The number of halogens is 3. The molecule has 0 aliphatic heterocycles. The Hall–Kier alpha value is -3.29. The quantitative estimate of drug-likeness (QED) is 0.347. The van der Waals surface area contributed by atoms with Crippen molar-refractivity contribution in [2.45, 2.75) is 6.42 Å². The van der Waals surface area contributed by atoms with Gasteiger partial charge in [-0.3, -0.25) is 4.90 Å². The number of carbonyl (C=O) groups excluding carboxylic acids is 2. The first-order valence-electron chi connectivity index (χ1n) is 9.82. The molecular formula is C23H21Cl2FN4O2. The minimum Gasteiger partial charge on any atom is -0.338 e. The molecule has 0 saturated carbocycles. The van der Waals surface area contributed by atoms with Gasteiger partial charge in [-0.1, -0.05) is 53.5 Å². The number of para-hydroxylation sites is 2. The highest BCUT2D eigenvalue weighted by Crippen LogP contribution is 2.25. The largest absolute Gasteiger partial charge is 0.338 e. The van der Waals surface area contributed by atoms with Gasteiger partial charge in [0.1, 0.15) is 5.82 Å². The molecule has 0 fully saturated rings. The summed E-state index contributed by atoms with van der Waals surface area (Å²) in [5.74, 6) is -0.519. The molecule has 0 atom stereocenters. The van der Waals surface area contributed by atoms with Gasteiger partial charge in [0.25, 0.3) is 0 Å². The first-order chi connectivity index (χ1) is 15.4. The molecule has 0 spiro atoms. The van der Waals surface area contributed by atoms with E-state index in [0.29, 0.717) is 40.9 Å². The molecule has 4 amide bonds.